The molecule has 0 saturated carbocycles. The Balaban J connectivity index is 2.92. The number of anilines is 1. The Bertz CT molecular complexity index is 604. The number of amides is 2. The minimum atomic E-state index is -1.51. The molecule has 25 heavy (non-hydrogen) atoms. The second kappa shape index (κ2) is 9.05. The quantitative estimate of drug-likeness (QED) is 0.607. The summed E-state index contributed by atoms with van der Waals surface area (Å²) in [7, 11) is 0. The molecule has 0 bridgehead atoms. The summed E-state index contributed by atoms with van der Waals surface area (Å²) in [6, 6.07) is 5.13. The maximum absolute atomic E-state index is 12.3. The monoisotopic (exact) mass is 350 g/mol. The summed E-state index contributed by atoms with van der Waals surface area (Å²) in [6.07, 6.45) is 0. The predicted octanol–water partition coefficient (Wildman–Crippen LogP) is 2.60. The Morgan fingerprint density at radius 3 is 2.00 bits per heavy atom. The average Bonchev–Trinajstić information content (AvgIpc) is 2.52. The smallest absolute Gasteiger partial charge is 0.340 e. The Hall–Kier alpha value is -2.57. The lowest BCUT2D eigenvalue weighted by molar-refractivity contribution is -0.157. The van der Waals surface area contributed by atoms with E-state index in [4.69, 9.17) is 9.47 Å². The molecular weight excluding hydrogens is 324 g/mol. The highest BCUT2D eigenvalue weighted by atomic mass is 16.6. The standard InChI is InChI=1S/C18H26N2O5/c1-6-24-15(21)14(16(22)25-7-2)20-17(23)19-13-11-9-8-10-12(13)18(3,4)5/h8-11,14H,6-7H2,1-5H3,(H2,19,20,23). The van der Waals surface area contributed by atoms with Gasteiger partial charge in [-0.1, -0.05) is 39.0 Å². The zero-order valence-corrected chi connectivity index (χ0v) is 15.3. The van der Waals surface area contributed by atoms with Crippen molar-refractivity contribution in [3.8, 4) is 0 Å². The number of urea groups is 1. The number of hydrogen-bond donors (Lipinski definition) is 2. The van der Waals surface area contributed by atoms with Crippen LogP contribution in [0.3, 0.4) is 0 Å². The third-order valence-corrected chi connectivity index (χ3v) is 3.30. The minimum Gasteiger partial charge on any atom is -0.464 e. The van der Waals surface area contributed by atoms with Crippen LogP contribution in [0.25, 0.3) is 0 Å². The molecule has 0 unspecified atom stereocenters. The van der Waals surface area contributed by atoms with E-state index < -0.39 is 24.0 Å². The highest BCUT2D eigenvalue weighted by Gasteiger charge is 2.31. The molecule has 7 nitrogen and oxygen atoms in total. The van der Waals surface area contributed by atoms with Crippen LogP contribution in [0.5, 0.6) is 0 Å². The van der Waals surface area contributed by atoms with E-state index >= 15 is 0 Å². The lowest BCUT2D eigenvalue weighted by Gasteiger charge is -2.23. The normalized spacial score (nSPS) is 11.0. The number of ether oxygens (including phenoxy) is 2. The molecule has 0 aromatic heterocycles. The zero-order chi connectivity index (χ0) is 19.0. The van der Waals surface area contributed by atoms with Crippen molar-refractivity contribution in [2.45, 2.75) is 46.1 Å². The Morgan fingerprint density at radius 2 is 1.52 bits per heavy atom. The summed E-state index contributed by atoms with van der Waals surface area (Å²) in [4.78, 5) is 36.1. The van der Waals surface area contributed by atoms with Crippen LogP contribution in [-0.2, 0) is 24.5 Å². The van der Waals surface area contributed by atoms with Crippen LogP contribution < -0.4 is 10.6 Å². The molecule has 1 aromatic carbocycles. The van der Waals surface area contributed by atoms with Gasteiger partial charge in [0.25, 0.3) is 0 Å². The third-order valence-electron chi connectivity index (χ3n) is 3.30. The SMILES string of the molecule is CCOC(=O)C(NC(=O)Nc1ccccc1C(C)(C)C)C(=O)OCC. The number of benzene rings is 1. The van der Waals surface area contributed by atoms with E-state index in [9.17, 15) is 14.4 Å². The molecule has 2 N–H and O–H groups in total. The summed E-state index contributed by atoms with van der Waals surface area (Å²) in [5.41, 5.74) is 1.33. The van der Waals surface area contributed by atoms with Gasteiger partial charge in [0.05, 0.1) is 13.2 Å². The number of carbonyl (C=O) groups is 3. The van der Waals surface area contributed by atoms with Crippen LogP contribution in [0.1, 0.15) is 40.2 Å². The van der Waals surface area contributed by atoms with Crippen LogP contribution in [-0.4, -0.2) is 37.2 Å². The molecule has 0 aliphatic carbocycles. The summed E-state index contributed by atoms with van der Waals surface area (Å²) < 4.78 is 9.64. The van der Waals surface area contributed by atoms with E-state index in [1.54, 1.807) is 26.0 Å². The van der Waals surface area contributed by atoms with Gasteiger partial charge in [-0.15, -0.1) is 0 Å². The molecule has 0 heterocycles. The first-order valence-electron chi connectivity index (χ1n) is 8.21. The largest absolute Gasteiger partial charge is 0.464 e. The highest BCUT2D eigenvalue weighted by Crippen LogP contribution is 2.29. The van der Waals surface area contributed by atoms with Gasteiger partial charge in [-0.25, -0.2) is 14.4 Å². The molecule has 1 aromatic rings. The maximum Gasteiger partial charge on any atom is 0.340 e. The zero-order valence-electron chi connectivity index (χ0n) is 15.3. The molecule has 0 atom stereocenters. The first-order valence-corrected chi connectivity index (χ1v) is 8.21. The molecular formula is C18H26N2O5. The predicted molar refractivity (Wildman–Crippen MR) is 94.4 cm³/mol. The molecule has 0 spiro atoms. The molecule has 0 radical (unpaired) electrons. The highest BCUT2D eigenvalue weighted by molar-refractivity contribution is 6.04. The van der Waals surface area contributed by atoms with Gasteiger partial charge in [0.15, 0.2) is 0 Å². The van der Waals surface area contributed by atoms with Crippen LogP contribution >= 0.6 is 0 Å². The van der Waals surface area contributed by atoms with E-state index in [0.717, 1.165) is 5.56 Å². The maximum atomic E-state index is 12.3. The van der Waals surface area contributed by atoms with E-state index in [0.29, 0.717) is 5.69 Å². The average molecular weight is 350 g/mol. The van der Waals surface area contributed by atoms with E-state index in [1.165, 1.54) is 0 Å². The molecule has 0 aliphatic heterocycles. The van der Waals surface area contributed by atoms with Crippen molar-refractivity contribution in [1.29, 1.82) is 0 Å². The number of carbonyl (C=O) groups excluding carboxylic acids is 3. The van der Waals surface area contributed by atoms with Crippen molar-refractivity contribution in [1.82, 2.24) is 5.32 Å². The van der Waals surface area contributed by atoms with Crippen LogP contribution in [0, 0.1) is 0 Å². The van der Waals surface area contributed by atoms with Gasteiger partial charge >= 0.3 is 18.0 Å². The molecule has 7 heteroatoms. The molecule has 1 rings (SSSR count). The Morgan fingerprint density at radius 1 is 1.00 bits per heavy atom. The van der Waals surface area contributed by atoms with Gasteiger partial charge in [0.2, 0.25) is 6.04 Å². The van der Waals surface area contributed by atoms with Gasteiger partial charge in [0, 0.05) is 5.69 Å². The number of hydrogen-bond acceptors (Lipinski definition) is 5. The van der Waals surface area contributed by atoms with Crippen molar-refractivity contribution in [2.24, 2.45) is 0 Å². The molecule has 0 aliphatic rings. The summed E-state index contributed by atoms with van der Waals surface area (Å²) in [6.45, 7) is 9.46. The topological polar surface area (TPSA) is 93.7 Å². The lowest BCUT2D eigenvalue weighted by Crippen LogP contribution is -2.49. The van der Waals surface area contributed by atoms with Crippen molar-refractivity contribution in [3.05, 3.63) is 29.8 Å². The molecule has 138 valence electrons. The molecule has 0 saturated heterocycles. The van der Waals surface area contributed by atoms with E-state index in [2.05, 4.69) is 10.6 Å². The Kier molecular flexibility index (Phi) is 7.42. The molecule has 0 fully saturated rings. The van der Waals surface area contributed by atoms with Gasteiger partial charge in [-0.3, -0.25) is 0 Å². The second-order valence-electron chi connectivity index (χ2n) is 6.33. The lowest BCUT2D eigenvalue weighted by atomic mass is 9.86. The first kappa shape index (κ1) is 20.5. The summed E-state index contributed by atoms with van der Waals surface area (Å²) in [5.74, 6) is -1.72. The first-order chi connectivity index (χ1) is 11.7. The minimum absolute atomic E-state index is 0.0882. The number of nitrogens with one attached hydrogen (secondary N) is 2. The fourth-order valence-corrected chi connectivity index (χ4v) is 2.20. The fourth-order valence-electron chi connectivity index (χ4n) is 2.20. The van der Waals surface area contributed by atoms with E-state index in [-0.39, 0.29) is 18.6 Å². The fraction of sp³-hybridized carbons (Fsp3) is 0.500. The third kappa shape index (κ3) is 6.10. The number of esters is 2. The van der Waals surface area contributed by atoms with Crippen molar-refractivity contribution >= 4 is 23.7 Å². The summed E-state index contributed by atoms with van der Waals surface area (Å²) >= 11 is 0. The van der Waals surface area contributed by atoms with Crippen molar-refractivity contribution < 1.29 is 23.9 Å². The summed E-state index contributed by atoms with van der Waals surface area (Å²) in [5, 5.41) is 4.99. The number of para-hydroxylation sites is 1. The molecule has 2 amide bonds. The van der Waals surface area contributed by atoms with Crippen molar-refractivity contribution in [3.63, 3.8) is 0 Å². The van der Waals surface area contributed by atoms with Gasteiger partial charge in [0.1, 0.15) is 0 Å². The van der Waals surface area contributed by atoms with Crippen LogP contribution in [0.2, 0.25) is 0 Å². The van der Waals surface area contributed by atoms with Gasteiger partial charge in [-0.05, 0) is 30.9 Å². The van der Waals surface area contributed by atoms with Crippen molar-refractivity contribution in [2.75, 3.05) is 18.5 Å². The van der Waals surface area contributed by atoms with Gasteiger partial charge in [-0.2, -0.15) is 0 Å². The van der Waals surface area contributed by atoms with Crippen LogP contribution in [0.15, 0.2) is 24.3 Å². The van der Waals surface area contributed by atoms with Crippen LogP contribution in [0.4, 0.5) is 10.5 Å². The van der Waals surface area contributed by atoms with Gasteiger partial charge < -0.3 is 20.1 Å². The number of rotatable bonds is 6. The second-order valence-corrected chi connectivity index (χ2v) is 6.33. The Labute approximate surface area is 148 Å². The van der Waals surface area contributed by atoms with E-state index in [1.807, 2.05) is 32.9 Å².